The van der Waals surface area contributed by atoms with Crippen LogP contribution in [0.1, 0.15) is 40.6 Å². The Morgan fingerprint density at radius 3 is 2.68 bits per heavy atom. The van der Waals surface area contributed by atoms with Gasteiger partial charge in [0.15, 0.2) is 0 Å². The summed E-state index contributed by atoms with van der Waals surface area (Å²) in [5, 5.41) is 3.31. The molecule has 19 heavy (non-hydrogen) atoms. The highest BCUT2D eigenvalue weighted by atomic mass is 32.1. The predicted molar refractivity (Wildman–Crippen MR) is 74.6 cm³/mol. The summed E-state index contributed by atoms with van der Waals surface area (Å²) >= 11 is 1.46. The van der Waals surface area contributed by atoms with Crippen molar-refractivity contribution in [2.75, 3.05) is 12.4 Å². The maximum absolute atomic E-state index is 11.9. The zero-order valence-electron chi connectivity index (χ0n) is 11.1. The molecular formula is C13H18N2O3S. The molecule has 104 valence electrons. The molecule has 1 heterocycles. The second-order valence-electron chi connectivity index (χ2n) is 4.68. The third-order valence-corrected chi connectivity index (χ3v) is 4.42. The summed E-state index contributed by atoms with van der Waals surface area (Å²) in [7, 11) is 1.35. The van der Waals surface area contributed by atoms with Gasteiger partial charge in [0.1, 0.15) is 5.00 Å². The summed E-state index contributed by atoms with van der Waals surface area (Å²) in [4.78, 5) is 24.8. The minimum absolute atomic E-state index is 0.288. The number of fused-ring (bicyclic) bond motifs is 1. The maximum atomic E-state index is 11.9. The van der Waals surface area contributed by atoms with Crippen molar-refractivity contribution < 1.29 is 14.3 Å². The molecule has 0 aliphatic heterocycles. The smallest absolute Gasteiger partial charge is 0.341 e. The van der Waals surface area contributed by atoms with Crippen LogP contribution in [0.15, 0.2) is 0 Å². The van der Waals surface area contributed by atoms with E-state index in [0.717, 1.165) is 31.2 Å². The first-order chi connectivity index (χ1) is 9.04. The van der Waals surface area contributed by atoms with Crippen molar-refractivity contribution >= 4 is 28.2 Å². The molecule has 1 aliphatic carbocycles. The van der Waals surface area contributed by atoms with E-state index in [1.54, 1.807) is 6.92 Å². The van der Waals surface area contributed by atoms with Crippen LogP contribution < -0.4 is 11.1 Å². The van der Waals surface area contributed by atoms with Crippen LogP contribution in [0.5, 0.6) is 0 Å². The number of thiophene rings is 1. The Bertz CT molecular complexity index is 508. The molecule has 2 rings (SSSR count). The number of methoxy groups -OCH3 is 1. The number of amides is 1. The second-order valence-corrected chi connectivity index (χ2v) is 5.79. The number of carbonyl (C=O) groups excluding carboxylic acids is 2. The van der Waals surface area contributed by atoms with Crippen LogP contribution >= 0.6 is 11.3 Å². The third kappa shape index (κ3) is 2.79. The molecular weight excluding hydrogens is 264 g/mol. The number of hydrogen-bond acceptors (Lipinski definition) is 5. The van der Waals surface area contributed by atoms with E-state index < -0.39 is 6.04 Å². The van der Waals surface area contributed by atoms with Crippen LogP contribution in [0.2, 0.25) is 0 Å². The Balaban J connectivity index is 2.39. The van der Waals surface area contributed by atoms with Gasteiger partial charge in [0.2, 0.25) is 5.91 Å². The number of esters is 1. The lowest BCUT2D eigenvalue weighted by Gasteiger charge is -2.12. The fraction of sp³-hybridized carbons (Fsp3) is 0.538. The number of rotatable bonds is 3. The van der Waals surface area contributed by atoms with Gasteiger partial charge < -0.3 is 15.8 Å². The van der Waals surface area contributed by atoms with E-state index in [9.17, 15) is 9.59 Å². The van der Waals surface area contributed by atoms with E-state index in [1.807, 2.05) is 0 Å². The molecule has 0 saturated carbocycles. The van der Waals surface area contributed by atoms with Gasteiger partial charge in [-0.1, -0.05) is 0 Å². The summed E-state index contributed by atoms with van der Waals surface area (Å²) in [5.74, 6) is -0.678. The van der Waals surface area contributed by atoms with Crippen molar-refractivity contribution in [1.29, 1.82) is 0 Å². The number of hydrogen-bond donors (Lipinski definition) is 2. The number of carbonyl (C=O) groups is 2. The fourth-order valence-electron chi connectivity index (χ4n) is 2.20. The Hall–Kier alpha value is -1.40. The molecule has 0 aromatic carbocycles. The third-order valence-electron chi connectivity index (χ3n) is 3.21. The standard InChI is InChI=1S/C13H18N2O3S/c1-7(14)11(16)15-12-10(13(17)18-2)8-5-3-4-6-9(8)19-12/h7H,3-6,14H2,1-2H3,(H,15,16)/t7-/m0/s1. The first-order valence-electron chi connectivity index (χ1n) is 6.34. The summed E-state index contributed by atoms with van der Waals surface area (Å²) in [6.45, 7) is 1.61. The molecule has 0 spiro atoms. The molecule has 0 bridgehead atoms. The average Bonchev–Trinajstić information content (AvgIpc) is 2.75. The molecule has 0 radical (unpaired) electrons. The largest absolute Gasteiger partial charge is 0.465 e. The van der Waals surface area contributed by atoms with Crippen LogP contribution in [0.4, 0.5) is 5.00 Å². The number of nitrogens with two attached hydrogens (primary N) is 1. The Morgan fingerprint density at radius 1 is 1.37 bits per heavy atom. The van der Waals surface area contributed by atoms with Gasteiger partial charge in [0.05, 0.1) is 18.7 Å². The summed E-state index contributed by atoms with van der Waals surface area (Å²) in [5.41, 5.74) is 7.08. The van der Waals surface area contributed by atoms with Crippen molar-refractivity contribution in [2.45, 2.75) is 38.6 Å². The summed E-state index contributed by atoms with van der Waals surface area (Å²) in [6.07, 6.45) is 4.01. The van der Waals surface area contributed by atoms with E-state index in [-0.39, 0.29) is 11.9 Å². The van der Waals surface area contributed by atoms with Gasteiger partial charge in [-0.3, -0.25) is 4.79 Å². The Labute approximate surface area is 116 Å². The minimum Gasteiger partial charge on any atom is -0.465 e. The van der Waals surface area contributed by atoms with Crippen molar-refractivity contribution in [3.8, 4) is 0 Å². The maximum Gasteiger partial charge on any atom is 0.341 e. The molecule has 1 atom stereocenters. The number of anilines is 1. The molecule has 0 saturated heterocycles. The van der Waals surface area contributed by atoms with Gasteiger partial charge in [-0.05, 0) is 38.2 Å². The molecule has 1 amide bonds. The van der Waals surface area contributed by atoms with E-state index in [1.165, 1.54) is 23.3 Å². The van der Waals surface area contributed by atoms with Gasteiger partial charge in [0.25, 0.3) is 0 Å². The molecule has 0 fully saturated rings. The number of ether oxygens (including phenoxy) is 1. The molecule has 3 N–H and O–H groups in total. The first kappa shape index (κ1) is 14.0. The van der Waals surface area contributed by atoms with Crippen molar-refractivity contribution in [3.63, 3.8) is 0 Å². The van der Waals surface area contributed by atoms with Gasteiger partial charge in [-0.15, -0.1) is 11.3 Å². The van der Waals surface area contributed by atoms with Crippen LogP contribution in [-0.2, 0) is 22.4 Å². The molecule has 0 unspecified atom stereocenters. The molecule has 1 aliphatic rings. The zero-order chi connectivity index (χ0) is 14.0. The van der Waals surface area contributed by atoms with Crippen LogP contribution in [0.3, 0.4) is 0 Å². The lowest BCUT2D eigenvalue weighted by molar-refractivity contribution is -0.117. The lowest BCUT2D eigenvalue weighted by Crippen LogP contribution is -2.32. The highest BCUT2D eigenvalue weighted by Gasteiger charge is 2.27. The first-order valence-corrected chi connectivity index (χ1v) is 7.15. The second kappa shape index (κ2) is 5.71. The highest BCUT2D eigenvalue weighted by Crippen LogP contribution is 2.38. The van der Waals surface area contributed by atoms with Gasteiger partial charge >= 0.3 is 5.97 Å². The molecule has 1 aromatic rings. The average molecular weight is 282 g/mol. The lowest BCUT2D eigenvalue weighted by atomic mass is 9.95. The summed E-state index contributed by atoms with van der Waals surface area (Å²) in [6, 6.07) is -0.607. The molecule has 1 aromatic heterocycles. The van der Waals surface area contributed by atoms with Gasteiger partial charge in [-0.25, -0.2) is 4.79 Å². The van der Waals surface area contributed by atoms with E-state index in [2.05, 4.69) is 5.32 Å². The fourth-order valence-corrected chi connectivity index (χ4v) is 3.48. The van der Waals surface area contributed by atoms with Crippen molar-refractivity contribution in [3.05, 3.63) is 16.0 Å². The van der Waals surface area contributed by atoms with Gasteiger partial charge in [-0.2, -0.15) is 0 Å². The topological polar surface area (TPSA) is 81.4 Å². The van der Waals surface area contributed by atoms with E-state index >= 15 is 0 Å². The predicted octanol–water partition coefficient (Wildman–Crippen LogP) is 1.70. The van der Waals surface area contributed by atoms with E-state index in [4.69, 9.17) is 10.5 Å². The summed E-state index contributed by atoms with van der Waals surface area (Å²) < 4.78 is 4.83. The van der Waals surface area contributed by atoms with Gasteiger partial charge in [0, 0.05) is 4.88 Å². The van der Waals surface area contributed by atoms with E-state index in [0.29, 0.717) is 10.6 Å². The minimum atomic E-state index is -0.607. The SMILES string of the molecule is COC(=O)c1c(NC(=O)[C@H](C)N)sc2c1CCCC2. The van der Waals surface area contributed by atoms with Crippen LogP contribution in [0.25, 0.3) is 0 Å². The molecule has 5 nitrogen and oxygen atoms in total. The Kier molecular flexibility index (Phi) is 4.21. The molecule has 6 heteroatoms. The van der Waals surface area contributed by atoms with Crippen molar-refractivity contribution in [2.24, 2.45) is 5.73 Å². The monoisotopic (exact) mass is 282 g/mol. The zero-order valence-corrected chi connectivity index (χ0v) is 11.9. The number of aryl methyl sites for hydroxylation is 1. The highest BCUT2D eigenvalue weighted by molar-refractivity contribution is 7.17. The number of nitrogens with one attached hydrogen (secondary N) is 1. The van der Waals surface area contributed by atoms with Crippen molar-refractivity contribution in [1.82, 2.24) is 0 Å². The van der Waals surface area contributed by atoms with Crippen LogP contribution in [0, 0.1) is 0 Å². The Morgan fingerprint density at radius 2 is 2.05 bits per heavy atom. The van der Waals surface area contributed by atoms with Crippen LogP contribution in [-0.4, -0.2) is 25.0 Å². The normalized spacial score (nSPS) is 15.5. The quantitative estimate of drug-likeness (QED) is 0.827.